The van der Waals surface area contributed by atoms with E-state index in [9.17, 15) is 15.2 Å². The number of hydrogen-bond acceptors (Lipinski definition) is 4. The zero-order valence-electron chi connectivity index (χ0n) is 14.9. The molecule has 0 aliphatic heterocycles. The summed E-state index contributed by atoms with van der Waals surface area (Å²) in [7, 11) is 0. The molecule has 4 nitrogen and oxygen atoms in total. The van der Waals surface area contributed by atoms with Crippen molar-refractivity contribution in [3.8, 4) is 34.0 Å². The van der Waals surface area contributed by atoms with E-state index in [0.717, 1.165) is 27.1 Å². The number of nitriles is 1. The van der Waals surface area contributed by atoms with Crippen LogP contribution >= 0.6 is 11.3 Å². The minimum atomic E-state index is -0.133. The van der Waals surface area contributed by atoms with Gasteiger partial charge in [-0.2, -0.15) is 5.26 Å². The summed E-state index contributed by atoms with van der Waals surface area (Å²) in [4.78, 5) is 13.2. The van der Waals surface area contributed by atoms with E-state index in [4.69, 9.17) is 0 Å². The summed E-state index contributed by atoms with van der Waals surface area (Å²) in [6, 6.07) is 22.5. The van der Waals surface area contributed by atoms with Crippen molar-refractivity contribution in [1.29, 1.82) is 5.26 Å². The van der Waals surface area contributed by atoms with E-state index in [1.165, 1.54) is 17.4 Å². The second kappa shape index (κ2) is 7.65. The van der Waals surface area contributed by atoms with Crippen LogP contribution < -0.4 is 5.56 Å². The third-order valence-electron chi connectivity index (χ3n) is 4.58. The average molecular weight is 384 g/mol. The Morgan fingerprint density at radius 3 is 2.46 bits per heavy atom. The molecule has 2 aromatic heterocycles. The summed E-state index contributed by atoms with van der Waals surface area (Å²) in [5, 5.41) is 21.1. The Hall–Kier alpha value is -3.46. The van der Waals surface area contributed by atoms with Crippen LogP contribution in [-0.2, 0) is 6.61 Å². The van der Waals surface area contributed by atoms with Crippen molar-refractivity contribution < 1.29 is 5.11 Å². The van der Waals surface area contributed by atoms with E-state index in [2.05, 4.69) is 6.07 Å². The van der Waals surface area contributed by atoms with Crippen molar-refractivity contribution in [2.75, 3.05) is 0 Å². The van der Waals surface area contributed by atoms with Crippen LogP contribution in [0.4, 0.5) is 0 Å². The maximum atomic E-state index is 12.4. The van der Waals surface area contributed by atoms with Crippen LogP contribution in [0.15, 0.2) is 83.1 Å². The fourth-order valence-corrected chi connectivity index (χ4v) is 4.01. The number of aromatic nitrogens is 1. The van der Waals surface area contributed by atoms with E-state index in [1.807, 2.05) is 47.8 Å². The minimum Gasteiger partial charge on any atom is -0.391 e. The van der Waals surface area contributed by atoms with Crippen molar-refractivity contribution in [2.24, 2.45) is 0 Å². The van der Waals surface area contributed by atoms with Gasteiger partial charge in [-0.15, -0.1) is 11.3 Å². The Labute approximate surface area is 166 Å². The summed E-state index contributed by atoms with van der Waals surface area (Å²) < 4.78 is 1.58. The van der Waals surface area contributed by atoms with Crippen LogP contribution in [-0.4, -0.2) is 9.67 Å². The second-order valence-electron chi connectivity index (χ2n) is 6.25. The Kier molecular flexibility index (Phi) is 4.90. The monoisotopic (exact) mass is 384 g/mol. The molecule has 0 amide bonds. The molecule has 0 fully saturated rings. The van der Waals surface area contributed by atoms with Gasteiger partial charge in [-0.05, 0) is 64.0 Å². The lowest BCUT2D eigenvalue weighted by atomic mass is 9.95. The van der Waals surface area contributed by atoms with Gasteiger partial charge in [0.1, 0.15) is 0 Å². The molecule has 0 saturated carbocycles. The summed E-state index contributed by atoms with van der Waals surface area (Å²) in [5.74, 6) is 0. The van der Waals surface area contributed by atoms with Gasteiger partial charge in [0.05, 0.1) is 18.2 Å². The fourth-order valence-electron chi connectivity index (χ4n) is 3.25. The highest BCUT2D eigenvalue weighted by Crippen LogP contribution is 2.34. The van der Waals surface area contributed by atoms with E-state index in [-0.39, 0.29) is 12.2 Å². The molecule has 0 unspecified atom stereocenters. The molecule has 0 saturated heterocycles. The largest absolute Gasteiger partial charge is 0.391 e. The first-order chi connectivity index (χ1) is 13.7. The molecule has 0 bridgehead atoms. The molecule has 1 N–H and O–H groups in total. The van der Waals surface area contributed by atoms with Crippen LogP contribution in [0.5, 0.6) is 0 Å². The maximum absolute atomic E-state index is 12.4. The molecule has 2 aromatic carbocycles. The van der Waals surface area contributed by atoms with Crippen LogP contribution in [0.3, 0.4) is 0 Å². The van der Waals surface area contributed by atoms with Gasteiger partial charge in [0.15, 0.2) is 0 Å². The molecule has 28 heavy (non-hydrogen) atoms. The predicted molar refractivity (Wildman–Crippen MR) is 111 cm³/mol. The van der Waals surface area contributed by atoms with Crippen LogP contribution in [0, 0.1) is 11.3 Å². The molecule has 136 valence electrons. The second-order valence-corrected chi connectivity index (χ2v) is 7.25. The van der Waals surface area contributed by atoms with Gasteiger partial charge in [0.25, 0.3) is 5.56 Å². The lowest BCUT2D eigenvalue weighted by Crippen LogP contribution is -2.15. The highest BCUT2D eigenvalue weighted by Gasteiger charge is 2.13. The van der Waals surface area contributed by atoms with Gasteiger partial charge < -0.3 is 5.11 Å². The number of hydrogen-bond donors (Lipinski definition) is 1. The van der Waals surface area contributed by atoms with Gasteiger partial charge in [-0.1, -0.05) is 24.3 Å². The molecule has 0 spiro atoms. The molecular formula is C23H16N2O2S. The van der Waals surface area contributed by atoms with Crippen molar-refractivity contribution in [1.82, 2.24) is 4.57 Å². The lowest BCUT2D eigenvalue weighted by Gasteiger charge is -2.13. The molecule has 0 radical (unpaired) electrons. The first-order valence-electron chi connectivity index (χ1n) is 8.71. The van der Waals surface area contributed by atoms with Gasteiger partial charge in [-0.25, -0.2) is 0 Å². The zero-order chi connectivity index (χ0) is 19.5. The summed E-state index contributed by atoms with van der Waals surface area (Å²) in [6.45, 7) is -0.0490. The third-order valence-corrected chi connectivity index (χ3v) is 5.48. The molecule has 5 heteroatoms. The fraction of sp³-hybridized carbons (Fsp3) is 0.0435. The first kappa shape index (κ1) is 17.9. The average Bonchev–Trinajstić information content (AvgIpc) is 3.22. The smallest absolute Gasteiger partial charge is 0.255 e. The van der Waals surface area contributed by atoms with Crippen LogP contribution in [0.2, 0.25) is 0 Å². The molecule has 4 rings (SSSR count). The van der Waals surface area contributed by atoms with E-state index in [0.29, 0.717) is 11.3 Å². The molecular weight excluding hydrogens is 368 g/mol. The van der Waals surface area contributed by atoms with Gasteiger partial charge in [0, 0.05) is 22.8 Å². The third kappa shape index (κ3) is 3.27. The Morgan fingerprint density at radius 1 is 0.964 bits per heavy atom. The van der Waals surface area contributed by atoms with Gasteiger partial charge in [0.2, 0.25) is 0 Å². The number of aliphatic hydroxyl groups excluding tert-OH is 1. The maximum Gasteiger partial charge on any atom is 0.255 e. The number of aliphatic hydroxyl groups is 1. The topological polar surface area (TPSA) is 66.0 Å². The Balaban J connectivity index is 2.01. The van der Waals surface area contributed by atoms with E-state index in [1.54, 1.807) is 29.0 Å². The van der Waals surface area contributed by atoms with Crippen LogP contribution in [0.1, 0.15) is 10.4 Å². The minimum absolute atomic E-state index is 0.0490. The van der Waals surface area contributed by atoms with Crippen molar-refractivity contribution in [3.63, 3.8) is 0 Å². The molecule has 0 aliphatic carbocycles. The number of thiophene rings is 1. The summed E-state index contributed by atoms with van der Waals surface area (Å²) in [5.41, 5.74) is 4.61. The first-order valence-corrected chi connectivity index (χ1v) is 9.59. The zero-order valence-corrected chi connectivity index (χ0v) is 15.7. The molecule has 4 aromatic rings. The SMILES string of the molecule is N#Cc1ccccc1-c1cc(-c2ccsc2CO)cc(-n2ccccc2=O)c1. The van der Waals surface area contributed by atoms with E-state index < -0.39 is 0 Å². The van der Waals surface area contributed by atoms with Crippen molar-refractivity contribution in [3.05, 3.63) is 99.1 Å². The van der Waals surface area contributed by atoms with Crippen LogP contribution in [0.25, 0.3) is 27.9 Å². The summed E-state index contributed by atoms with van der Waals surface area (Å²) >= 11 is 1.49. The summed E-state index contributed by atoms with van der Waals surface area (Å²) in [6.07, 6.45) is 1.72. The van der Waals surface area contributed by atoms with Crippen molar-refractivity contribution >= 4 is 11.3 Å². The van der Waals surface area contributed by atoms with Gasteiger partial charge in [-0.3, -0.25) is 9.36 Å². The molecule has 0 aliphatic rings. The Morgan fingerprint density at radius 2 is 1.71 bits per heavy atom. The highest BCUT2D eigenvalue weighted by molar-refractivity contribution is 7.10. The van der Waals surface area contributed by atoms with Gasteiger partial charge >= 0.3 is 0 Å². The highest BCUT2D eigenvalue weighted by atomic mass is 32.1. The standard InChI is InChI=1S/C23H16N2O2S/c24-14-16-5-1-2-6-20(16)17-11-18(21-8-10-28-22(21)15-26)13-19(12-17)25-9-4-3-7-23(25)27/h1-13,26H,15H2. The number of benzene rings is 2. The van der Waals surface area contributed by atoms with E-state index >= 15 is 0 Å². The Bertz CT molecular complexity index is 1250. The quantitative estimate of drug-likeness (QED) is 0.559. The van der Waals surface area contributed by atoms with Crippen molar-refractivity contribution in [2.45, 2.75) is 6.61 Å². The predicted octanol–water partition coefficient (Wildman–Crippen LogP) is 4.60. The lowest BCUT2D eigenvalue weighted by molar-refractivity contribution is 0.286. The number of pyridine rings is 1. The molecule has 2 heterocycles. The molecule has 0 atom stereocenters. The number of rotatable bonds is 4. The normalized spacial score (nSPS) is 10.6. The number of nitrogens with zero attached hydrogens (tertiary/aromatic N) is 2.